The molecular formula is C24H28BrN3O. The fraction of sp³-hybridized carbons (Fsp3) is 0.458. The zero-order valence-corrected chi connectivity index (χ0v) is 19.0. The molecule has 3 aliphatic heterocycles. The summed E-state index contributed by atoms with van der Waals surface area (Å²) in [5, 5.41) is 7.54. The highest BCUT2D eigenvalue weighted by Crippen LogP contribution is 2.50. The van der Waals surface area contributed by atoms with Crippen molar-refractivity contribution in [3.63, 3.8) is 0 Å². The summed E-state index contributed by atoms with van der Waals surface area (Å²) in [5.41, 5.74) is 5.94. The van der Waals surface area contributed by atoms with Crippen LogP contribution in [0.1, 0.15) is 54.5 Å². The number of halogens is 1. The van der Waals surface area contributed by atoms with Gasteiger partial charge in [-0.15, -0.1) is 0 Å². The largest absolute Gasteiger partial charge is 0.466 e. The molecule has 2 aromatic rings. The van der Waals surface area contributed by atoms with Crippen molar-refractivity contribution >= 4 is 21.6 Å². The van der Waals surface area contributed by atoms with Crippen LogP contribution in [0.5, 0.6) is 5.75 Å². The van der Waals surface area contributed by atoms with Crippen molar-refractivity contribution in [3.05, 3.63) is 63.1 Å². The Morgan fingerprint density at radius 2 is 1.93 bits per heavy atom. The Morgan fingerprint density at radius 1 is 1.14 bits per heavy atom. The maximum atomic E-state index is 6.73. The highest BCUT2D eigenvalue weighted by Gasteiger charge is 2.51. The smallest absolute Gasteiger partial charge is 0.200 e. The Hall–Kier alpha value is -1.85. The van der Waals surface area contributed by atoms with Gasteiger partial charge in [0.2, 0.25) is 5.72 Å². The zero-order chi connectivity index (χ0) is 20.2. The summed E-state index contributed by atoms with van der Waals surface area (Å²) in [6, 6.07) is 13.3. The standard InChI is InChI=1S/C24H28BrN3O/c1-4-27-11-9-24(10-12-27)28-22(20-14-18(25)7-8-23(20)29-24)15-21(26-28)19-13-16(2)5-6-17(19)3/h5-8,13-14,22H,4,9-12,15H2,1-3H3/t22-/m0/s1. The van der Waals surface area contributed by atoms with Crippen LogP contribution in [0.25, 0.3) is 0 Å². The minimum atomic E-state index is -0.337. The molecule has 1 spiro atoms. The van der Waals surface area contributed by atoms with Crippen molar-refractivity contribution in [2.45, 2.75) is 51.8 Å². The maximum absolute atomic E-state index is 6.73. The Labute approximate surface area is 181 Å². The Kier molecular flexibility index (Phi) is 4.71. The molecule has 0 unspecified atom stereocenters. The second-order valence-electron chi connectivity index (χ2n) is 8.59. The number of aryl methyl sites for hydroxylation is 2. The summed E-state index contributed by atoms with van der Waals surface area (Å²) in [5.74, 6) is 1.02. The third-order valence-corrected chi connectivity index (χ3v) is 7.24. The Bertz CT molecular complexity index is 978. The minimum absolute atomic E-state index is 0.235. The molecule has 5 heteroatoms. The van der Waals surface area contributed by atoms with Crippen molar-refractivity contribution in [2.24, 2.45) is 5.10 Å². The van der Waals surface area contributed by atoms with Crippen molar-refractivity contribution in [1.29, 1.82) is 0 Å². The number of benzene rings is 2. The van der Waals surface area contributed by atoms with Crippen molar-refractivity contribution in [1.82, 2.24) is 9.91 Å². The number of hydrogen-bond acceptors (Lipinski definition) is 4. The lowest BCUT2D eigenvalue weighted by atomic mass is 9.90. The normalized spacial score (nSPS) is 22.8. The molecule has 3 heterocycles. The van der Waals surface area contributed by atoms with Crippen molar-refractivity contribution < 1.29 is 4.74 Å². The molecule has 0 amide bonds. The van der Waals surface area contributed by atoms with Crippen LogP contribution >= 0.6 is 15.9 Å². The van der Waals surface area contributed by atoms with Crippen LogP contribution in [0, 0.1) is 13.8 Å². The lowest BCUT2D eigenvalue weighted by molar-refractivity contribution is -0.149. The van der Waals surface area contributed by atoms with E-state index in [1.807, 2.05) is 0 Å². The molecule has 1 saturated heterocycles. The highest BCUT2D eigenvalue weighted by molar-refractivity contribution is 9.10. The second kappa shape index (κ2) is 7.13. The van der Waals surface area contributed by atoms with Gasteiger partial charge in [0.15, 0.2) is 0 Å². The van der Waals surface area contributed by atoms with E-state index in [-0.39, 0.29) is 11.8 Å². The predicted molar refractivity (Wildman–Crippen MR) is 120 cm³/mol. The molecule has 3 aliphatic rings. The molecule has 2 aromatic carbocycles. The summed E-state index contributed by atoms with van der Waals surface area (Å²) in [6.45, 7) is 9.79. The first-order valence-corrected chi connectivity index (χ1v) is 11.4. The molecule has 0 radical (unpaired) electrons. The van der Waals surface area contributed by atoms with E-state index >= 15 is 0 Å². The van der Waals surface area contributed by atoms with E-state index in [9.17, 15) is 0 Å². The van der Waals surface area contributed by atoms with Gasteiger partial charge in [-0.3, -0.25) is 0 Å². The number of nitrogens with zero attached hydrogens (tertiary/aromatic N) is 3. The van der Waals surface area contributed by atoms with Crippen molar-refractivity contribution in [3.8, 4) is 5.75 Å². The average Bonchev–Trinajstić information content (AvgIpc) is 3.18. The molecular weight excluding hydrogens is 426 g/mol. The predicted octanol–water partition coefficient (Wildman–Crippen LogP) is 5.42. The molecule has 0 N–H and O–H groups in total. The maximum Gasteiger partial charge on any atom is 0.200 e. The first kappa shape index (κ1) is 19.1. The Balaban J connectivity index is 1.59. The molecule has 1 fully saturated rings. The van der Waals surface area contributed by atoms with Gasteiger partial charge in [0.1, 0.15) is 5.75 Å². The lowest BCUT2D eigenvalue weighted by Crippen LogP contribution is -2.59. The molecule has 4 nitrogen and oxygen atoms in total. The zero-order valence-electron chi connectivity index (χ0n) is 17.4. The van der Waals surface area contributed by atoms with Gasteiger partial charge in [0.25, 0.3) is 0 Å². The van der Waals surface area contributed by atoms with Gasteiger partial charge < -0.3 is 9.64 Å². The number of likely N-dealkylation sites (tertiary alicyclic amines) is 1. The number of hydrazone groups is 1. The van der Waals surface area contributed by atoms with E-state index in [0.29, 0.717) is 0 Å². The topological polar surface area (TPSA) is 28.1 Å². The number of ether oxygens (including phenoxy) is 1. The molecule has 5 rings (SSSR count). The van der Waals surface area contributed by atoms with Crippen LogP contribution < -0.4 is 4.74 Å². The molecule has 0 saturated carbocycles. The highest BCUT2D eigenvalue weighted by atomic mass is 79.9. The third-order valence-electron chi connectivity index (χ3n) is 6.75. The van der Waals surface area contributed by atoms with Gasteiger partial charge in [-0.2, -0.15) is 5.10 Å². The number of hydrogen-bond donors (Lipinski definition) is 0. The van der Waals surface area contributed by atoms with Crippen molar-refractivity contribution in [2.75, 3.05) is 19.6 Å². The van der Waals surface area contributed by atoms with E-state index < -0.39 is 0 Å². The molecule has 0 aromatic heterocycles. The average molecular weight is 454 g/mol. The fourth-order valence-electron chi connectivity index (χ4n) is 5.01. The second-order valence-corrected chi connectivity index (χ2v) is 9.51. The van der Waals surface area contributed by atoms with E-state index in [4.69, 9.17) is 9.84 Å². The van der Waals surface area contributed by atoms with Crippen LogP contribution in [0.2, 0.25) is 0 Å². The van der Waals surface area contributed by atoms with Crippen LogP contribution in [-0.2, 0) is 0 Å². The number of fused-ring (bicyclic) bond motifs is 4. The number of piperidine rings is 1. The fourth-order valence-corrected chi connectivity index (χ4v) is 5.39. The first-order chi connectivity index (χ1) is 14.0. The van der Waals surface area contributed by atoms with Crippen LogP contribution in [0.15, 0.2) is 46.0 Å². The third kappa shape index (κ3) is 3.19. The van der Waals surface area contributed by atoms with Crippen LogP contribution in [0.3, 0.4) is 0 Å². The summed E-state index contributed by atoms with van der Waals surface area (Å²) in [6.07, 6.45) is 2.89. The summed E-state index contributed by atoms with van der Waals surface area (Å²) in [4.78, 5) is 2.51. The molecule has 1 atom stereocenters. The first-order valence-electron chi connectivity index (χ1n) is 10.6. The van der Waals surface area contributed by atoms with Gasteiger partial charge in [-0.25, -0.2) is 5.01 Å². The van der Waals surface area contributed by atoms with Gasteiger partial charge >= 0.3 is 0 Å². The monoisotopic (exact) mass is 453 g/mol. The lowest BCUT2D eigenvalue weighted by Gasteiger charge is -2.51. The Morgan fingerprint density at radius 3 is 2.69 bits per heavy atom. The van der Waals surface area contributed by atoms with Gasteiger partial charge in [0.05, 0.1) is 11.8 Å². The van der Waals surface area contributed by atoms with E-state index in [0.717, 1.165) is 49.1 Å². The minimum Gasteiger partial charge on any atom is -0.466 e. The van der Waals surface area contributed by atoms with Gasteiger partial charge in [-0.1, -0.05) is 40.5 Å². The molecule has 0 bridgehead atoms. The quantitative estimate of drug-likeness (QED) is 0.607. The van der Waals surface area contributed by atoms with E-state index in [1.54, 1.807) is 0 Å². The number of rotatable bonds is 2. The summed E-state index contributed by atoms with van der Waals surface area (Å²) in [7, 11) is 0. The molecule has 0 aliphatic carbocycles. The molecule has 152 valence electrons. The SMILES string of the molecule is CCN1CCC2(CC1)Oc1ccc(Br)cc1[C@@H]1CC(c3cc(C)ccc3C)=NN12. The summed E-state index contributed by atoms with van der Waals surface area (Å²) >= 11 is 3.66. The summed E-state index contributed by atoms with van der Waals surface area (Å²) < 4.78 is 7.83. The van der Waals surface area contributed by atoms with Gasteiger partial charge in [-0.05, 0) is 50.2 Å². The molecule has 29 heavy (non-hydrogen) atoms. The van der Waals surface area contributed by atoms with E-state index in [1.165, 1.54) is 28.0 Å². The van der Waals surface area contributed by atoms with Crippen LogP contribution in [0.4, 0.5) is 0 Å². The van der Waals surface area contributed by atoms with Crippen LogP contribution in [-0.4, -0.2) is 41.0 Å². The van der Waals surface area contributed by atoms with Gasteiger partial charge in [0, 0.05) is 48.0 Å². The van der Waals surface area contributed by atoms with E-state index in [2.05, 4.69) is 83.0 Å².